The van der Waals surface area contributed by atoms with Crippen LogP contribution in [0.4, 0.5) is 0 Å². The van der Waals surface area contributed by atoms with E-state index < -0.39 is 0 Å². The Balaban J connectivity index is 1.35. The Morgan fingerprint density at radius 2 is 1.24 bits per heavy atom. The molecule has 0 amide bonds. The number of hydrogen-bond donors (Lipinski definition) is 0. The molecule has 0 N–H and O–H groups in total. The Hall–Kier alpha value is -2.16. The standard InChI is InChI=1S/C27H34O2/c1-2-11-26-20-27(21-26,22-28-18-9-16-24-12-5-3-6-13-24)23-29-19-10-17-25-14-7-4-8-15-25/h2-8,11-15H,1,9-10,16-23H2. The average Bonchev–Trinajstić information content (AvgIpc) is 2.73. The maximum absolute atomic E-state index is 6.08. The normalized spacial score (nSPS) is 15.0. The minimum absolute atomic E-state index is 0.147. The van der Waals surface area contributed by atoms with Gasteiger partial charge in [-0.2, -0.15) is 0 Å². The lowest BCUT2D eigenvalue weighted by molar-refractivity contribution is -0.0448. The van der Waals surface area contributed by atoms with Crippen LogP contribution in [-0.4, -0.2) is 26.4 Å². The SMILES string of the molecule is C=CC=C1CC(COCCCc2ccccc2)(COCCCc2ccccc2)C1. The summed E-state index contributed by atoms with van der Waals surface area (Å²) in [4.78, 5) is 0. The highest BCUT2D eigenvalue weighted by Crippen LogP contribution is 2.45. The third-order valence-electron chi connectivity index (χ3n) is 5.57. The number of hydrogen-bond acceptors (Lipinski definition) is 2. The molecule has 0 unspecified atom stereocenters. The van der Waals surface area contributed by atoms with Crippen molar-refractivity contribution in [3.8, 4) is 0 Å². The second-order valence-electron chi connectivity index (χ2n) is 8.20. The molecular formula is C27H34O2. The van der Waals surface area contributed by atoms with E-state index in [1.54, 1.807) is 0 Å². The summed E-state index contributed by atoms with van der Waals surface area (Å²) in [7, 11) is 0. The van der Waals surface area contributed by atoms with Crippen LogP contribution >= 0.6 is 0 Å². The van der Waals surface area contributed by atoms with E-state index in [-0.39, 0.29) is 5.41 Å². The molecule has 1 aliphatic carbocycles. The molecule has 0 bridgehead atoms. The van der Waals surface area contributed by atoms with Gasteiger partial charge in [0.2, 0.25) is 0 Å². The van der Waals surface area contributed by atoms with E-state index in [1.807, 2.05) is 6.08 Å². The molecule has 2 aromatic carbocycles. The predicted octanol–water partition coefficient (Wildman–Crippen LogP) is 6.18. The van der Waals surface area contributed by atoms with Crippen molar-refractivity contribution < 1.29 is 9.47 Å². The van der Waals surface area contributed by atoms with Crippen molar-refractivity contribution in [3.05, 3.63) is 96.1 Å². The quantitative estimate of drug-likeness (QED) is 0.380. The summed E-state index contributed by atoms with van der Waals surface area (Å²) in [5.41, 5.74) is 4.37. The fourth-order valence-electron chi connectivity index (χ4n) is 4.07. The van der Waals surface area contributed by atoms with E-state index in [0.29, 0.717) is 0 Å². The van der Waals surface area contributed by atoms with Gasteiger partial charge in [-0.25, -0.2) is 0 Å². The molecule has 154 valence electrons. The summed E-state index contributed by atoms with van der Waals surface area (Å²) in [6.45, 7) is 7.02. The van der Waals surface area contributed by atoms with Gasteiger partial charge in [0.05, 0.1) is 13.2 Å². The maximum Gasteiger partial charge on any atom is 0.0550 e. The highest BCUT2D eigenvalue weighted by Gasteiger charge is 2.40. The van der Waals surface area contributed by atoms with Gasteiger partial charge in [-0.1, -0.05) is 85.0 Å². The largest absolute Gasteiger partial charge is 0.381 e. The molecule has 0 radical (unpaired) electrons. The number of ether oxygens (including phenoxy) is 2. The van der Waals surface area contributed by atoms with E-state index in [1.165, 1.54) is 16.7 Å². The monoisotopic (exact) mass is 390 g/mol. The fourth-order valence-corrected chi connectivity index (χ4v) is 4.07. The van der Waals surface area contributed by atoms with Crippen LogP contribution < -0.4 is 0 Å². The summed E-state index contributed by atoms with van der Waals surface area (Å²) < 4.78 is 12.2. The molecule has 2 heteroatoms. The van der Waals surface area contributed by atoms with Crippen LogP contribution in [0.15, 0.2) is 85.0 Å². The third-order valence-corrected chi connectivity index (χ3v) is 5.57. The third kappa shape index (κ3) is 7.30. The summed E-state index contributed by atoms with van der Waals surface area (Å²) in [6.07, 6.45) is 10.4. The zero-order valence-electron chi connectivity index (χ0n) is 17.5. The maximum atomic E-state index is 6.08. The van der Waals surface area contributed by atoms with Crippen LogP contribution in [0.1, 0.15) is 36.8 Å². The first kappa shape index (κ1) is 21.5. The van der Waals surface area contributed by atoms with Gasteiger partial charge in [-0.15, -0.1) is 0 Å². The van der Waals surface area contributed by atoms with Gasteiger partial charge in [0.15, 0.2) is 0 Å². The van der Waals surface area contributed by atoms with Crippen molar-refractivity contribution in [2.45, 2.75) is 38.5 Å². The van der Waals surface area contributed by atoms with E-state index in [9.17, 15) is 0 Å². The first-order valence-electron chi connectivity index (χ1n) is 10.8. The average molecular weight is 391 g/mol. The topological polar surface area (TPSA) is 18.5 Å². The van der Waals surface area contributed by atoms with E-state index in [4.69, 9.17) is 9.47 Å². The minimum atomic E-state index is 0.147. The number of rotatable bonds is 13. The Labute approximate surface area is 176 Å². The molecule has 0 saturated heterocycles. The Kier molecular flexibility index (Phi) is 8.73. The first-order valence-corrected chi connectivity index (χ1v) is 10.8. The van der Waals surface area contributed by atoms with Gasteiger partial charge < -0.3 is 9.47 Å². The number of aryl methyl sites for hydroxylation is 2. The van der Waals surface area contributed by atoms with Crippen LogP contribution in [0.25, 0.3) is 0 Å². The predicted molar refractivity (Wildman–Crippen MR) is 121 cm³/mol. The molecule has 0 heterocycles. The zero-order valence-corrected chi connectivity index (χ0v) is 17.5. The molecule has 29 heavy (non-hydrogen) atoms. The molecule has 0 aliphatic heterocycles. The van der Waals surface area contributed by atoms with Gasteiger partial charge >= 0.3 is 0 Å². The zero-order chi connectivity index (χ0) is 20.2. The molecule has 1 fully saturated rings. The molecule has 1 aliphatic rings. The van der Waals surface area contributed by atoms with Crippen molar-refractivity contribution in [3.63, 3.8) is 0 Å². The second-order valence-corrected chi connectivity index (χ2v) is 8.20. The van der Waals surface area contributed by atoms with E-state index in [2.05, 4.69) is 73.3 Å². The number of benzene rings is 2. The molecule has 1 saturated carbocycles. The molecule has 2 nitrogen and oxygen atoms in total. The van der Waals surface area contributed by atoms with Crippen LogP contribution in [-0.2, 0) is 22.3 Å². The molecule has 0 spiro atoms. The Morgan fingerprint density at radius 3 is 1.69 bits per heavy atom. The molecule has 0 atom stereocenters. The minimum Gasteiger partial charge on any atom is -0.381 e. The van der Waals surface area contributed by atoms with Crippen molar-refractivity contribution in [1.29, 1.82) is 0 Å². The van der Waals surface area contributed by atoms with Crippen molar-refractivity contribution >= 4 is 0 Å². The van der Waals surface area contributed by atoms with E-state index in [0.717, 1.165) is 65.0 Å². The summed E-state index contributed by atoms with van der Waals surface area (Å²) in [5, 5.41) is 0. The van der Waals surface area contributed by atoms with Crippen LogP contribution in [0.2, 0.25) is 0 Å². The van der Waals surface area contributed by atoms with Crippen molar-refractivity contribution in [2.24, 2.45) is 5.41 Å². The van der Waals surface area contributed by atoms with Crippen LogP contribution in [0, 0.1) is 5.41 Å². The smallest absolute Gasteiger partial charge is 0.0550 e. The first-order chi connectivity index (χ1) is 14.3. The fraction of sp³-hybridized carbons (Fsp3) is 0.407. The second kappa shape index (κ2) is 11.7. The van der Waals surface area contributed by atoms with Crippen molar-refractivity contribution in [2.75, 3.05) is 26.4 Å². The van der Waals surface area contributed by atoms with E-state index >= 15 is 0 Å². The Bertz CT molecular complexity index is 689. The van der Waals surface area contributed by atoms with Gasteiger partial charge in [-0.05, 0) is 49.7 Å². The van der Waals surface area contributed by atoms with Gasteiger partial charge in [0.1, 0.15) is 0 Å². The lowest BCUT2D eigenvalue weighted by Gasteiger charge is -2.43. The van der Waals surface area contributed by atoms with Crippen LogP contribution in [0.3, 0.4) is 0 Å². The molecule has 0 aromatic heterocycles. The van der Waals surface area contributed by atoms with Crippen LogP contribution in [0.5, 0.6) is 0 Å². The molecule has 3 rings (SSSR count). The Morgan fingerprint density at radius 1 is 0.759 bits per heavy atom. The highest BCUT2D eigenvalue weighted by molar-refractivity contribution is 5.23. The summed E-state index contributed by atoms with van der Waals surface area (Å²) >= 11 is 0. The molecular weight excluding hydrogens is 356 g/mol. The van der Waals surface area contributed by atoms with Crippen molar-refractivity contribution in [1.82, 2.24) is 0 Å². The summed E-state index contributed by atoms with van der Waals surface area (Å²) in [6, 6.07) is 21.3. The molecule has 2 aromatic rings. The van der Waals surface area contributed by atoms with Gasteiger partial charge in [0.25, 0.3) is 0 Å². The lowest BCUT2D eigenvalue weighted by atomic mass is 9.66. The number of allylic oxidation sites excluding steroid dienone is 3. The van der Waals surface area contributed by atoms with Gasteiger partial charge in [-0.3, -0.25) is 0 Å². The van der Waals surface area contributed by atoms with Gasteiger partial charge in [0, 0.05) is 18.6 Å². The summed E-state index contributed by atoms with van der Waals surface area (Å²) in [5.74, 6) is 0. The lowest BCUT2D eigenvalue weighted by Crippen LogP contribution is -2.41. The highest BCUT2D eigenvalue weighted by atomic mass is 16.5.